The first-order valence-electron chi connectivity index (χ1n) is 12.9. The van der Waals surface area contributed by atoms with E-state index < -0.39 is 6.04 Å². The fourth-order valence-electron chi connectivity index (χ4n) is 5.29. The SMILES string of the molecule is CNC(=O)C(CCC=O)N1Cc2c(CCCCN3CCN(c4ccc(Cl)c(Cl)c4)CC3)cccc2C1=O. The Kier molecular flexibility index (Phi) is 9.46. The highest BCUT2D eigenvalue weighted by atomic mass is 35.5. The molecule has 0 spiro atoms. The van der Waals surface area contributed by atoms with Crippen molar-refractivity contribution < 1.29 is 14.4 Å². The fourth-order valence-corrected chi connectivity index (χ4v) is 5.58. The molecule has 2 heterocycles. The van der Waals surface area contributed by atoms with Gasteiger partial charge in [0.05, 0.1) is 10.0 Å². The number of unbranched alkanes of at least 4 members (excludes halogenated alkanes) is 1. The van der Waals surface area contributed by atoms with Gasteiger partial charge in [-0.25, -0.2) is 0 Å². The lowest BCUT2D eigenvalue weighted by molar-refractivity contribution is -0.125. The smallest absolute Gasteiger partial charge is 0.255 e. The third-order valence-corrected chi connectivity index (χ3v) is 8.13. The molecule has 1 unspecified atom stereocenters. The Morgan fingerprint density at radius 1 is 1.08 bits per heavy atom. The number of carbonyl (C=O) groups is 3. The largest absolute Gasteiger partial charge is 0.369 e. The highest BCUT2D eigenvalue weighted by Gasteiger charge is 2.36. The lowest BCUT2D eigenvalue weighted by Gasteiger charge is -2.36. The molecular weight excluding hydrogens is 511 g/mol. The fraction of sp³-hybridized carbons (Fsp3) is 0.464. The molecule has 0 aliphatic carbocycles. The predicted molar refractivity (Wildman–Crippen MR) is 148 cm³/mol. The van der Waals surface area contributed by atoms with Crippen LogP contribution in [0.1, 0.15) is 47.2 Å². The van der Waals surface area contributed by atoms with Crippen molar-refractivity contribution in [2.75, 3.05) is 44.7 Å². The van der Waals surface area contributed by atoms with Gasteiger partial charge in [0, 0.05) is 57.4 Å². The molecule has 2 aliphatic rings. The van der Waals surface area contributed by atoms with Crippen LogP contribution in [0, 0.1) is 0 Å². The van der Waals surface area contributed by atoms with Crippen molar-refractivity contribution in [2.45, 2.75) is 44.7 Å². The number of hydrogen-bond acceptors (Lipinski definition) is 5. The molecule has 198 valence electrons. The van der Waals surface area contributed by atoms with Gasteiger partial charge in [-0.05, 0) is 67.6 Å². The molecule has 0 aromatic heterocycles. The van der Waals surface area contributed by atoms with Crippen LogP contribution in [0.25, 0.3) is 0 Å². The quantitative estimate of drug-likeness (QED) is 0.339. The van der Waals surface area contributed by atoms with Crippen LogP contribution in [0.2, 0.25) is 10.0 Å². The Bertz CT molecular complexity index is 1130. The molecule has 0 bridgehead atoms. The van der Waals surface area contributed by atoms with Gasteiger partial charge in [-0.1, -0.05) is 35.3 Å². The number of aldehydes is 1. The highest BCUT2D eigenvalue weighted by Crippen LogP contribution is 2.30. The Labute approximate surface area is 228 Å². The lowest BCUT2D eigenvalue weighted by Crippen LogP contribution is -2.46. The van der Waals surface area contributed by atoms with Gasteiger partial charge >= 0.3 is 0 Å². The lowest BCUT2D eigenvalue weighted by atomic mass is 9.98. The normalized spacial score (nSPS) is 16.6. The molecule has 0 saturated carbocycles. The zero-order valence-corrected chi connectivity index (χ0v) is 22.7. The van der Waals surface area contributed by atoms with E-state index in [1.54, 1.807) is 11.9 Å². The first-order valence-corrected chi connectivity index (χ1v) is 13.7. The summed E-state index contributed by atoms with van der Waals surface area (Å²) in [7, 11) is 1.56. The zero-order chi connectivity index (χ0) is 26.4. The van der Waals surface area contributed by atoms with Crippen LogP contribution in [0.3, 0.4) is 0 Å². The van der Waals surface area contributed by atoms with E-state index in [0.29, 0.717) is 28.6 Å². The first kappa shape index (κ1) is 27.4. The summed E-state index contributed by atoms with van der Waals surface area (Å²) in [6.07, 6.45) is 4.37. The van der Waals surface area contributed by atoms with Crippen LogP contribution in [0.5, 0.6) is 0 Å². The number of carbonyl (C=O) groups excluding carboxylic acids is 3. The molecule has 9 heteroatoms. The van der Waals surface area contributed by atoms with Gasteiger partial charge in [-0.3, -0.25) is 14.5 Å². The van der Waals surface area contributed by atoms with E-state index >= 15 is 0 Å². The minimum absolute atomic E-state index is 0.129. The molecule has 2 aromatic carbocycles. The number of benzene rings is 2. The highest BCUT2D eigenvalue weighted by molar-refractivity contribution is 6.42. The summed E-state index contributed by atoms with van der Waals surface area (Å²) >= 11 is 12.2. The second-order valence-electron chi connectivity index (χ2n) is 9.63. The second-order valence-corrected chi connectivity index (χ2v) is 10.4. The Hall–Kier alpha value is -2.61. The number of likely N-dealkylation sites (N-methyl/N-ethyl adjacent to an activating group) is 1. The Morgan fingerprint density at radius 2 is 1.86 bits per heavy atom. The zero-order valence-electron chi connectivity index (χ0n) is 21.2. The summed E-state index contributed by atoms with van der Waals surface area (Å²) < 4.78 is 0. The minimum Gasteiger partial charge on any atom is -0.369 e. The number of nitrogens with one attached hydrogen (secondary N) is 1. The number of fused-ring (bicyclic) bond motifs is 1. The molecule has 1 atom stereocenters. The van der Waals surface area contributed by atoms with Gasteiger partial charge in [0.1, 0.15) is 12.3 Å². The maximum atomic E-state index is 13.1. The van der Waals surface area contributed by atoms with Crippen molar-refractivity contribution in [1.82, 2.24) is 15.1 Å². The number of anilines is 1. The molecule has 0 radical (unpaired) electrons. The topological polar surface area (TPSA) is 73.0 Å². The summed E-state index contributed by atoms with van der Waals surface area (Å²) in [4.78, 5) is 42.9. The monoisotopic (exact) mass is 544 g/mol. The summed E-state index contributed by atoms with van der Waals surface area (Å²) in [6.45, 7) is 5.38. The Morgan fingerprint density at radius 3 is 2.57 bits per heavy atom. The molecule has 1 fully saturated rings. The van der Waals surface area contributed by atoms with Crippen LogP contribution in [-0.4, -0.2) is 73.7 Å². The molecular formula is C28H34Cl2N4O3. The van der Waals surface area contributed by atoms with Crippen molar-refractivity contribution in [3.63, 3.8) is 0 Å². The van der Waals surface area contributed by atoms with E-state index in [9.17, 15) is 14.4 Å². The van der Waals surface area contributed by atoms with Crippen molar-refractivity contribution in [1.29, 1.82) is 0 Å². The molecule has 1 N–H and O–H groups in total. The van der Waals surface area contributed by atoms with Gasteiger partial charge in [-0.2, -0.15) is 0 Å². The molecule has 2 aromatic rings. The summed E-state index contributed by atoms with van der Waals surface area (Å²) in [6, 6.07) is 11.0. The number of amides is 2. The maximum Gasteiger partial charge on any atom is 0.255 e. The predicted octanol–water partition coefficient (Wildman–Crippen LogP) is 4.19. The maximum absolute atomic E-state index is 13.1. The molecule has 2 aliphatic heterocycles. The van der Waals surface area contributed by atoms with Crippen molar-refractivity contribution in [2.24, 2.45) is 0 Å². The van der Waals surface area contributed by atoms with E-state index in [-0.39, 0.29) is 18.2 Å². The van der Waals surface area contributed by atoms with Gasteiger partial charge in [0.2, 0.25) is 5.91 Å². The van der Waals surface area contributed by atoms with E-state index in [2.05, 4.69) is 21.2 Å². The summed E-state index contributed by atoms with van der Waals surface area (Å²) in [5.74, 6) is -0.361. The third kappa shape index (κ3) is 6.46. The van der Waals surface area contributed by atoms with Gasteiger partial charge < -0.3 is 19.9 Å². The van der Waals surface area contributed by atoms with E-state index in [1.165, 1.54) is 5.56 Å². The van der Waals surface area contributed by atoms with Crippen molar-refractivity contribution in [3.8, 4) is 0 Å². The van der Waals surface area contributed by atoms with Crippen LogP contribution in [0.15, 0.2) is 36.4 Å². The molecule has 1 saturated heterocycles. The summed E-state index contributed by atoms with van der Waals surface area (Å²) in [5, 5.41) is 3.80. The average Bonchev–Trinajstić information content (AvgIpc) is 3.25. The molecule has 2 amide bonds. The Balaban J connectivity index is 1.27. The number of halogens is 2. The van der Waals surface area contributed by atoms with Gasteiger partial charge in [0.25, 0.3) is 5.91 Å². The number of piperazine rings is 1. The first-order chi connectivity index (χ1) is 17.9. The van der Waals surface area contributed by atoms with E-state index in [0.717, 1.165) is 69.5 Å². The molecule has 7 nitrogen and oxygen atoms in total. The van der Waals surface area contributed by atoms with E-state index in [1.807, 2.05) is 30.3 Å². The van der Waals surface area contributed by atoms with Gasteiger partial charge in [0.15, 0.2) is 0 Å². The van der Waals surface area contributed by atoms with Crippen molar-refractivity contribution >= 4 is 47.0 Å². The minimum atomic E-state index is -0.634. The summed E-state index contributed by atoms with van der Waals surface area (Å²) in [5.41, 5.74) is 3.97. The van der Waals surface area contributed by atoms with Crippen LogP contribution in [-0.2, 0) is 22.6 Å². The molecule has 4 rings (SSSR count). The van der Waals surface area contributed by atoms with Crippen LogP contribution >= 0.6 is 23.2 Å². The number of rotatable bonds is 11. The molecule has 37 heavy (non-hydrogen) atoms. The average molecular weight is 546 g/mol. The van der Waals surface area contributed by atoms with Crippen molar-refractivity contribution in [3.05, 3.63) is 63.1 Å². The standard InChI is InChI=1S/C28H34Cl2N4O3/c1-31-27(36)26(9-5-17-35)34-19-23-20(7-4-8-22(23)28(34)37)6-2-3-12-32-13-15-33(16-14-32)21-10-11-24(29)25(30)18-21/h4,7-8,10-11,17-18,26H,2-3,5-6,9,12-16,19H2,1H3,(H,31,36). The third-order valence-electron chi connectivity index (χ3n) is 7.39. The second kappa shape index (κ2) is 12.8. The number of nitrogens with zero attached hydrogens (tertiary/aromatic N) is 3. The number of aryl methyl sites for hydroxylation is 1. The van der Waals surface area contributed by atoms with Gasteiger partial charge in [-0.15, -0.1) is 0 Å². The van der Waals surface area contributed by atoms with Crippen LogP contribution in [0.4, 0.5) is 5.69 Å². The van der Waals surface area contributed by atoms with E-state index in [4.69, 9.17) is 23.2 Å². The van der Waals surface area contributed by atoms with Crippen LogP contribution < -0.4 is 10.2 Å². The number of hydrogen-bond donors (Lipinski definition) is 1.